The van der Waals surface area contributed by atoms with Crippen molar-refractivity contribution in [1.29, 1.82) is 0 Å². The van der Waals surface area contributed by atoms with E-state index < -0.39 is 5.41 Å². The highest BCUT2D eigenvalue weighted by Crippen LogP contribution is 2.19. The molecule has 0 saturated carbocycles. The molecule has 0 fully saturated rings. The Labute approximate surface area is 93.8 Å². The Bertz CT molecular complexity index is 190. The molecule has 0 bridgehead atoms. The maximum atomic E-state index is 11.5. The van der Waals surface area contributed by atoms with E-state index in [9.17, 15) is 4.79 Å². The first-order valence-corrected chi connectivity index (χ1v) is 5.78. The minimum Gasteiger partial charge on any atom is -0.469 e. The van der Waals surface area contributed by atoms with Gasteiger partial charge >= 0.3 is 5.97 Å². The summed E-state index contributed by atoms with van der Waals surface area (Å²) in [5, 5.41) is 0. The molecular formula is C12H25NO2. The van der Waals surface area contributed by atoms with Gasteiger partial charge in [0.1, 0.15) is 0 Å². The number of esters is 1. The number of nitrogens with zero attached hydrogens (tertiary/aromatic N) is 1. The van der Waals surface area contributed by atoms with Crippen LogP contribution in [0, 0.1) is 5.41 Å². The molecule has 0 atom stereocenters. The molecule has 0 N–H and O–H groups in total. The maximum absolute atomic E-state index is 11.5. The van der Waals surface area contributed by atoms with Crippen LogP contribution in [0.25, 0.3) is 0 Å². The Morgan fingerprint density at radius 1 is 1.33 bits per heavy atom. The van der Waals surface area contributed by atoms with Gasteiger partial charge in [-0.3, -0.25) is 4.79 Å². The summed E-state index contributed by atoms with van der Waals surface area (Å²) in [7, 11) is 1.45. The smallest absolute Gasteiger partial charge is 0.312 e. The average molecular weight is 215 g/mol. The fraction of sp³-hybridized carbons (Fsp3) is 0.917. The fourth-order valence-corrected chi connectivity index (χ4v) is 1.63. The van der Waals surface area contributed by atoms with Crippen LogP contribution in [-0.2, 0) is 9.53 Å². The normalized spacial score (nSPS) is 11.9. The van der Waals surface area contributed by atoms with Crippen LogP contribution in [0.3, 0.4) is 0 Å². The van der Waals surface area contributed by atoms with Crippen molar-refractivity contribution in [1.82, 2.24) is 4.90 Å². The zero-order valence-corrected chi connectivity index (χ0v) is 10.8. The lowest BCUT2D eigenvalue weighted by Gasteiger charge is -2.29. The SMILES string of the molecule is CCCCN(CC)CC(C)(C)C(=O)OC. The van der Waals surface area contributed by atoms with Crippen LogP contribution in [0.5, 0.6) is 0 Å². The molecule has 3 heteroatoms. The summed E-state index contributed by atoms with van der Waals surface area (Å²) in [5.41, 5.74) is -0.404. The summed E-state index contributed by atoms with van der Waals surface area (Å²) < 4.78 is 4.80. The van der Waals surface area contributed by atoms with E-state index in [2.05, 4.69) is 18.7 Å². The molecular weight excluding hydrogens is 190 g/mol. The van der Waals surface area contributed by atoms with Gasteiger partial charge in [-0.2, -0.15) is 0 Å². The van der Waals surface area contributed by atoms with Gasteiger partial charge < -0.3 is 9.64 Å². The molecule has 0 aromatic carbocycles. The molecule has 0 unspecified atom stereocenters. The Balaban J connectivity index is 4.20. The molecule has 0 aliphatic rings. The number of rotatable bonds is 7. The van der Waals surface area contributed by atoms with Crippen molar-refractivity contribution < 1.29 is 9.53 Å². The number of hydrogen-bond acceptors (Lipinski definition) is 3. The van der Waals surface area contributed by atoms with Crippen LogP contribution in [0.4, 0.5) is 0 Å². The summed E-state index contributed by atoms with van der Waals surface area (Å²) in [6.07, 6.45) is 2.38. The highest BCUT2D eigenvalue weighted by molar-refractivity contribution is 5.76. The lowest BCUT2D eigenvalue weighted by Crippen LogP contribution is -2.40. The number of carbonyl (C=O) groups excluding carboxylic acids is 1. The van der Waals surface area contributed by atoms with E-state index in [0.717, 1.165) is 19.6 Å². The first-order valence-electron chi connectivity index (χ1n) is 5.78. The number of unbranched alkanes of at least 4 members (excludes halogenated alkanes) is 1. The first-order chi connectivity index (χ1) is 6.97. The van der Waals surface area contributed by atoms with Crippen LogP contribution < -0.4 is 0 Å². The van der Waals surface area contributed by atoms with Gasteiger partial charge in [0.2, 0.25) is 0 Å². The van der Waals surface area contributed by atoms with E-state index in [1.807, 2.05) is 13.8 Å². The number of methoxy groups -OCH3 is 1. The monoisotopic (exact) mass is 215 g/mol. The molecule has 90 valence electrons. The molecule has 0 saturated heterocycles. The first kappa shape index (κ1) is 14.4. The van der Waals surface area contributed by atoms with E-state index in [0.29, 0.717) is 0 Å². The Morgan fingerprint density at radius 3 is 2.33 bits per heavy atom. The van der Waals surface area contributed by atoms with Crippen LogP contribution in [-0.4, -0.2) is 37.6 Å². The number of hydrogen-bond donors (Lipinski definition) is 0. The Hall–Kier alpha value is -0.570. The van der Waals surface area contributed by atoms with E-state index in [1.165, 1.54) is 20.0 Å². The molecule has 0 amide bonds. The van der Waals surface area contributed by atoms with Gasteiger partial charge in [-0.05, 0) is 33.4 Å². The Kier molecular flexibility index (Phi) is 6.57. The van der Waals surface area contributed by atoms with Crippen molar-refractivity contribution in [2.24, 2.45) is 5.41 Å². The quantitative estimate of drug-likeness (QED) is 0.610. The van der Waals surface area contributed by atoms with E-state index in [4.69, 9.17) is 4.74 Å². The molecule has 3 nitrogen and oxygen atoms in total. The largest absolute Gasteiger partial charge is 0.469 e. The topological polar surface area (TPSA) is 29.5 Å². The Morgan fingerprint density at radius 2 is 1.93 bits per heavy atom. The van der Waals surface area contributed by atoms with Crippen molar-refractivity contribution >= 4 is 5.97 Å². The van der Waals surface area contributed by atoms with Crippen LogP contribution in [0.1, 0.15) is 40.5 Å². The third-order valence-corrected chi connectivity index (χ3v) is 2.63. The molecule has 0 aromatic heterocycles. The van der Waals surface area contributed by atoms with E-state index >= 15 is 0 Å². The lowest BCUT2D eigenvalue weighted by molar-refractivity contribution is -0.151. The molecule has 0 aliphatic carbocycles. The highest BCUT2D eigenvalue weighted by atomic mass is 16.5. The second-order valence-corrected chi connectivity index (χ2v) is 4.60. The summed E-state index contributed by atoms with van der Waals surface area (Å²) in [4.78, 5) is 13.8. The van der Waals surface area contributed by atoms with Crippen molar-refractivity contribution in [3.05, 3.63) is 0 Å². The average Bonchev–Trinajstić information content (AvgIpc) is 2.22. The molecule has 15 heavy (non-hydrogen) atoms. The molecule has 0 rings (SSSR count). The second kappa shape index (κ2) is 6.83. The molecule has 0 spiro atoms. The minimum absolute atomic E-state index is 0.127. The highest BCUT2D eigenvalue weighted by Gasteiger charge is 2.30. The second-order valence-electron chi connectivity index (χ2n) is 4.60. The standard InChI is InChI=1S/C12H25NO2/c1-6-8-9-13(7-2)10-12(3,4)11(14)15-5/h6-10H2,1-5H3. The van der Waals surface area contributed by atoms with Gasteiger partial charge in [0.25, 0.3) is 0 Å². The van der Waals surface area contributed by atoms with Crippen LogP contribution in [0.15, 0.2) is 0 Å². The van der Waals surface area contributed by atoms with Crippen molar-refractivity contribution in [2.75, 3.05) is 26.7 Å². The molecule has 0 aromatic rings. The minimum atomic E-state index is -0.404. The van der Waals surface area contributed by atoms with E-state index in [1.54, 1.807) is 0 Å². The van der Waals surface area contributed by atoms with Gasteiger partial charge in [0.05, 0.1) is 12.5 Å². The van der Waals surface area contributed by atoms with Crippen molar-refractivity contribution in [2.45, 2.75) is 40.5 Å². The van der Waals surface area contributed by atoms with Crippen LogP contribution >= 0.6 is 0 Å². The van der Waals surface area contributed by atoms with Gasteiger partial charge in [0.15, 0.2) is 0 Å². The summed E-state index contributed by atoms with van der Waals surface area (Å²) in [5.74, 6) is -0.127. The van der Waals surface area contributed by atoms with Gasteiger partial charge in [0, 0.05) is 6.54 Å². The zero-order valence-electron chi connectivity index (χ0n) is 10.8. The van der Waals surface area contributed by atoms with Crippen LogP contribution in [0.2, 0.25) is 0 Å². The zero-order chi connectivity index (χ0) is 11.9. The molecule has 0 radical (unpaired) electrons. The van der Waals surface area contributed by atoms with Crippen molar-refractivity contribution in [3.63, 3.8) is 0 Å². The lowest BCUT2D eigenvalue weighted by atomic mass is 9.93. The summed E-state index contributed by atoms with van der Waals surface area (Å²) in [6.45, 7) is 11.0. The summed E-state index contributed by atoms with van der Waals surface area (Å²) in [6, 6.07) is 0. The maximum Gasteiger partial charge on any atom is 0.312 e. The third kappa shape index (κ3) is 5.17. The summed E-state index contributed by atoms with van der Waals surface area (Å²) >= 11 is 0. The van der Waals surface area contributed by atoms with Gasteiger partial charge in [-0.25, -0.2) is 0 Å². The fourth-order valence-electron chi connectivity index (χ4n) is 1.63. The van der Waals surface area contributed by atoms with Gasteiger partial charge in [-0.1, -0.05) is 20.3 Å². The molecule has 0 aliphatic heterocycles. The van der Waals surface area contributed by atoms with Gasteiger partial charge in [-0.15, -0.1) is 0 Å². The van der Waals surface area contributed by atoms with E-state index in [-0.39, 0.29) is 5.97 Å². The van der Waals surface area contributed by atoms with Crippen molar-refractivity contribution in [3.8, 4) is 0 Å². The third-order valence-electron chi connectivity index (χ3n) is 2.63. The molecule has 0 heterocycles. The number of carbonyl (C=O) groups is 1. The number of ether oxygens (including phenoxy) is 1. The predicted molar refractivity (Wildman–Crippen MR) is 62.8 cm³/mol. The predicted octanol–water partition coefficient (Wildman–Crippen LogP) is 2.31.